The molecule has 38 heavy (non-hydrogen) atoms. The van der Waals surface area contributed by atoms with Gasteiger partial charge in [-0.15, -0.1) is 0 Å². The lowest BCUT2D eigenvalue weighted by molar-refractivity contribution is 0.0181. The topological polar surface area (TPSA) is 52.6 Å². The van der Waals surface area contributed by atoms with Crippen LogP contribution in [0.5, 0.6) is 0 Å². The summed E-state index contributed by atoms with van der Waals surface area (Å²) in [5.41, 5.74) is 4.98. The molecule has 0 saturated heterocycles. The molecule has 1 heterocycles. The normalized spacial score (nSPS) is 15.6. The van der Waals surface area contributed by atoms with Crippen molar-refractivity contribution in [2.24, 2.45) is 0 Å². The van der Waals surface area contributed by atoms with Crippen molar-refractivity contribution in [2.75, 3.05) is 24.5 Å². The average molecular weight is 531 g/mol. The molecule has 3 aromatic carbocycles. The minimum absolute atomic E-state index is 0.0698. The minimum atomic E-state index is -0.869. The van der Waals surface area contributed by atoms with Gasteiger partial charge in [0.15, 0.2) is 0 Å². The quantitative estimate of drug-likeness (QED) is 0.237. The zero-order valence-corrected chi connectivity index (χ0v) is 23.3. The number of hydrogen-bond donors (Lipinski definition) is 2. The van der Waals surface area contributed by atoms with Crippen LogP contribution in [0.4, 0.5) is 5.69 Å². The van der Waals surface area contributed by atoms with E-state index < -0.39 is 5.60 Å². The third-order valence-corrected chi connectivity index (χ3v) is 7.60. The number of nitrogens with one attached hydrogen (secondary N) is 1. The van der Waals surface area contributed by atoms with E-state index in [4.69, 9.17) is 11.6 Å². The van der Waals surface area contributed by atoms with Gasteiger partial charge in [-0.05, 0) is 79.7 Å². The van der Waals surface area contributed by atoms with E-state index in [0.29, 0.717) is 31.0 Å². The number of fused-ring (bicyclic) bond motifs is 2. The summed E-state index contributed by atoms with van der Waals surface area (Å²) in [7, 11) is 0. The van der Waals surface area contributed by atoms with Crippen LogP contribution in [0.2, 0.25) is 5.02 Å². The molecular weight excluding hydrogens is 492 g/mol. The van der Waals surface area contributed by atoms with E-state index in [1.165, 1.54) is 0 Å². The number of amides is 1. The van der Waals surface area contributed by atoms with E-state index in [9.17, 15) is 9.90 Å². The van der Waals surface area contributed by atoms with E-state index in [-0.39, 0.29) is 5.91 Å². The Labute approximate surface area is 232 Å². The Morgan fingerprint density at radius 3 is 2.26 bits per heavy atom. The second-order valence-electron chi connectivity index (χ2n) is 10.1. The lowest BCUT2D eigenvalue weighted by atomic mass is 9.86. The monoisotopic (exact) mass is 530 g/mol. The molecule has 3 aromatic rings. The zero-order chi connectivity index (χ0) is 27.0. The van der Waals surface area contributed by atoms with Crippen molar-refractivity contribution in [1.82, 2.24) is 5.32 Å². The van der Waals surface area contributed by atoms with Gasteiger partial charge in [0.1, 0.15) is 0 Å². The van der Waals surface area contributed by atoms with E-state index in [0.717, 1.165) is 65.7 Å². The molecule has 4 nitrogen and oxygen atoms in total. The smallest absolute Gasteiger partial charge is 0.258 e. The van der Waals surface area contributed by atoms with Gasteiger partial charge in [0, 0.05) is 22.7 Å². The third kappa shape index (κ3) is 6.37. The second kappa shape index (κ2) is 13.2. The summed E-state index contributed by atoms with van der Waals surface area (Å²) in [6.45, 7) is 6.45. The summed E-state index contributed by atoms with van der Waals surface area (Å²) in [5, 5.41) is 15.6. The van der Waals surface area contributed by atoms with E-state index in [1.807, 2.05) is 59.5 Å². The summed E-state index contributed by atoms with van der Waals surface area (Å²) in [6, 6.07) is 23.7. The number of unbranched alkanes of at least 4 members (excludes halogenated alkanes) is 1. The maximum absolute atomic E-state index is 13.6. The molecule has 0 radical (unpaired) electrons. The molecule has 1 atom stereocenters. The summed E-state index contributed by atoms with van der Waals surface area (Å²) < 4.78 is 0. The molecule has 1 unspecified atom stereocenters. The number of halogens is 1. The fourth-order valence-corrected chi connectivity index (χ4v) is 5.45. The third-order valence-electron chi connectivity index (χ3n) is 7.34. The van der Waals surface area contributed by atoms with Gasteiger partial charge in [-0.25, -0.2) is 0 Å². The number of anilines is 1. The maximum atomic E-state index is 13.6. The Morgan fingerprint density at radius 1 is 0.868 bits per heavy atom. The number of carbonyl (C=O) groups excluding carboxylic acids is 1. The predicted octanol–water partition coefficient (Wildman–Crippen LogP) is 7.59. The first-order valence-electron chi connectivity index (χ1n) is 13.9. The van der Waals surface area contributed by atoms with Crippen molar-refractivity contribution in [3.05, 3.63) is 106 Å². The number of para-hydroxylation sites is 1. The lowest BCUT2D eigenvalue weighted by Gasteiger charge is -2.29. The Hall–Kier alpha value is -2.92. The fourth-order valence-electron chi connectivity index (χ4n) is 5.33. The molecule has 0 aromatic heterocycles. The number of aliphatic hydroxyl groups is 1. The molecule has 4 rings (SSSR count). The van der Waals surface area contributed by atoms with Crippen LogP contribution in [0.15, 0.2) is 78.9 Å². The minimum Gasteiger partial charge on any atom is -0.385 e. The second-order valence-corrected chi connectivity index (χ2v) is 10.5. The van der Waals surface area contributed by atoms with Gasteiger partial charge in [-0.1, -0.05) is 92.9 Å². The molecule has 1 aliphatic heterocycles. The summed E-state index contributed by atoms with van der Waals surface area (Å²) in [4.78, 5) is 15.6. The van der Waals surface area contributed by atoms with Crippen LogP contribution in [0, 0.1) is 0 Å². The molecule has 1 aliphatic rings. The van der Waals surface area contributed by atoms with Gasteiger partial charge in [-0.2, -0.15) is 0 Å². The van der Waals surface area contributed by atoms with Crippen molar-refractivity contribution in [3.8, 4) is 0 Å². The van der Waals surface area contributed by atoms with Gasteiger partial charge in [0.05, 0.1) is 11.3 Å². The fraction of sp³-hybridized carbons (Fsp3) is 0.364. The lowest BCUT2D eigenvalue weighted by Crippen LogP contribution is -2.31. The van der Waals surface area contributed by atoms with Gasteiger partial charge in [0.25, 0.3) is 5.91 Å². The van der Waals surface area contributed by atoms with E-state index >= 15 is 0 Å². The standard InChI is InChI=1S/C33H39ClN2O2/c1-3-5-24-36-31-15-9-8-12-29(31)27(28-11-6-7-13-30(28)32(36)37)14-10-22-35-23-21-33(38,20-4-2)25-16-18-26(34)19-17-25/h6-9,11-19,35,38H,3-5,10,20-24H2,1-2H3. The number of benzene rings is 3. The molecule has 2 N–H and O–H groups in total. The molecule has 0 saturated carbocycles. The first kappa shape index (κ1) is 28.1. The molecule has 0 aliphatic carbocycles. The van der Waals surface area contributed by atoms with Gasteiger partial charge in [0.2, 0.25) is 0 Å². The molecule has 0 bridgehead atoms. The van der Waals surface area contributed by atoms with E-state index in [1.54, 1.807) is 0 Å². The largest absolute Gasteiger partial charge is 0.385 e. The first-order chi connectivity index (χ1) is 18.5. The highest BCUT2D eigenvalue weighted by Gasteiger charge is 2.29. The Morgan fingerprint density at radius 2 is 1.55 bits per heavy atom. The van der Waals surface area contributed by atoms with Crippen LogP contribution >= 0.6 is 11.6 Å². The summed E-state index contributed by atoms with van der Waals surface area (Å²) in [6.07, 6.45) is 7.30. The van der Waals surface area contributed by atoms with Gasteiger partial charge < -0.3 is 15.3 Å². The molecule has 200 valence electrons. The molecule has 0 fully saturated rings. The Kier molecular flexibility index (Phi) is 9.79. The van der Waals surface area contributed by atoms with Crippen molar-refractivity contribution >= 4 is 28.8 Å². The molecule has 0 spiro atoms. The highest BCUT2D eigenvalue weighted by molar-refractivity contribution is 6.30. The maximum Gasteiger partial charge on any atom is 0.258 e. The van der Waals surface area contributed by atoms with Crippen LogP contribution < -0.4 is 10.2 Å². The average Bonchev–Trinajstić information content (AvgIpc) is 3.03. The van der Waals surface area contributed by atoms with Crippen LogP contribution in [-0.2, 0) is 5.60 Å². The van der Waals surface area contributed by atoms with Crippen molar-refractivity contribution in [2.45, 2.75) is 58.0 Å². The highest BCUT2D eigenvalue weighted by atomic mass is 35.5. The molecular formula is C33H39ClN2O2. The number of nitrogens with zero attached hydrogens (tertiary/aromatic N) is 1. The Bertz CT molecular complexity index is 1250. The number of rotatable bonds is 12. The van der Waals surface area contributed by atoms with Crippen molar-refractivity contribution in [1.29, 1.82) is 0 Å². The summed E-state index contributed by atoms with van der Waals surface area (Å²) in [5.74, 6) is 0.0698. The van der Waals surface area contributed by atoms with Crippen LogP contribution in [0.3, 0.4) is 0 Å². The predicted molar refractivity (Wildman–Crippen MR) is 159 cm³/mol. The van der Waals surface area contributed by atoms with Gasteiger partial charge in [-0.3, -0.25) is 4.79 Å². The molecule has 5 heteroatoms. The van der Waals surface area contributed by atoms with Gasteiger partial charge >= 0.3 is 0 Å². The van der Waals surface area contributed by atoms with Crippen LogP contribution in [0.1, 0.15) is 79.4 Å². The van der Waals surface area contributed by atoms with E-state index in [2.05, 4.69) is 43.4 Å². The SMILES string of the molecule is CCCCN1C(=O)c2ccccc2C(=CCCNCCC(O)(CCC)c2ccc(Cl)cc2)c2ccccc21. The summed E-state index contributed by atoms with van der Waals surface area (Å²) >= 11 is 6.06. The highest BCUT2D eigenvalue weighted by Crippen LogP contribution is 2.38. The number of carbonyl (C=O) groups is 1. The molecule has 1 amide bonds. The first-order valence-corrected chi connectivity index (χ1v) is 14.3. The Balaban J connectivity index is 1.49. The number of hydrogen-bond acceptors (Lipinski definition) is 3. The van der Waals surface area contributed by atoms with Crippen molar-refractivity contribution in [3.63, 3.8) is 0 Å². The van der Waals surface area contributed by atoms with Crippen LogP contribution in [-0.4, -0.2) is 30.6 Å². The van der Waals surface area contributed by atoms with Crippen LogP contribution in [0.25, 0.3) is 5.57 Å². The van der Waals surface area contributed by atoms with Crippen molar-refractivity contribution < 1.29 is 9.90 Å². The zero-order valence-electron chi connectivity index (χ0n) is 22.6.